The van der Waals surface area contributed by atoms with Crippen molar-refractivity contribution in [2.45, 2.75) is 71.5 Å². The van der Waals surface area contributed by atoms with Crippen LogP contribution in [0.15, 0.2) is 84.8 Å². The quantitative estimate of drug-likeness (QED) is 0.243. The number of benzene rings is 2. The Hall–Kier alpha value is -4.45. The first-order chi connectivity index (χ1) is 23.2. The first-order valence-corrected chi connectivity index (χ1v) is 16.6. The van der Waals surface area contributed by atoms with Crippen LogP contribution in [-0.4, -0.2) is 60.5 Å². The number of amides is 2. The second kappa shape index (κ2) is 23.0. The number of rotatable bonds is 4. The minimum atomic E-state index is -4.21. The van der Waals surface area contributed by atoms with Crippen LogP contribution < -0.4 is 26.6 Å². The zero-order chi connectivity index (χ0) is 35.0. The van der Waals surface area contributed by atoms with E-state index in [1.807, 2.05) is 0 Å². The average molecular weight is 670 g/mol. The molecule has 3 aromatic rings. The summed E-state index contributed by atoms with van der Waals surface area (Å²) >= 11 is 0. The van der Waals surface area contributed by atoms with Gasteiger partial charge >= 0.3 is 6.18 Å². The van der Waals surface area contributed by atoms with Crippen molar-refractivity contribution >= 4 is 17.8 Å². The number of carbonyl (C=O) groups is 2. The minimum absolute atomic E-state index is 0.0898. The molecule has 2 aromatic carbocycles. The van der Waals surface area contributed by atoms with Crippen molar-refractivity contribution in [3.63, 3.8) is 0 Å². The lowest BCUT2D eigenvalue weighted by Crippen LogP contribution is -2.52. The van der Waals surface area contributed by atoms with E-state index in [4.69, 9.17) is 0 Å². The van der Waals surface area contributed by atoms with Gasteiger partial charge in [0.15, 0.2) is 0 Å². The molecule has 4 rings (SSSR count). The first kappa shape index (κ1) is 39.7. The molecule has 0 aliphatic carbocycles. The largest absolute Gasteiger partial charge is 0.416 e. The summed E-state index contributed by atoms with van der Waals surface area (Å²) < 4.78 is 35.4. The Bertz CT molecular complexity index is 1360. The standard InChI is InChI=1S/C26H37N7O2.C7H5F3.C3H8/c1-2-8-22-17-27-13-5-11-20-9-3-4-10-21(20)12-6-14-28-25(35)23(33-24(34)19-31-22)18-32-26-29-15-7-16-30-26;8-7(9,10)6-4-2-1-3-5-6;1-3-2/h3-4,7-10,15-16,23,27,31H,2,5-6,11-14,17-19H2,1H3,(H,28,35)(H,33,34)(H,29,30,32);1-5H;3H2,1-2H3. The van der Waals surface area contributed by atoms with Crippen LogP contribution in [0.4, 0.5) is 19.1 Å². The zero-order valence-electron chi connectivity index (χ0n) is 28.2. The summed E-state index contributed by atoms with van der Waals surface area (Å²) in [5.41, 5.74) is 3.06. The number of fused-ring (bicyclic) bond motifs is 1. The number of hydrogen-bond donors (Lipinski definition) is 5. The van der Waals surface area contributed by atoms with Crippen LogP contribution in [0.1, 0.15) is 63.1 Å². The van der Waals surface area contributed by atoms with Gasteiger partial charge in [0.2, 0.25) is 17.8 Å². The number of aromatic nitrogens is 2. The van der Waals surface area contributed by atoms with Crippen molar-refractivity contribution in [3.05, 3.63) is 102 Å². The molecule has 0 saturated heterocycles. The summed E-state index contributed by atoms with van der Waals surface area (Å²) in [4.78, 5) is 33.9. The summed E-state index contributed by atoms with van der Waals surface area (Å²) in [5.74, 6) is -0.0804. The van der Waals surface area contributed by atoms with Gasteiger partial charge < -0.3 is 26.6 Å². The molecular weight excluding hydrogens is 619 g/mol. The van der Waals surface area contributed by atoms with Crippen molar-refractivity contribution in [2.75, 3.05) is 38.0 Å². The summed E-state index contributed by atoms with van der Waals surface area (Å²) in [6, 6.07) is 15.8. The van der Waals surface area contributed by atoms with E-state index in [0.29, 0.717) is 19.0 Å². The van der Waals surface area contributed by atoms with Gasteiger partial charge in [-0.2, -0.15) is 13.2 Å². The smallest absolute Gasteiger partial charge is 0.379 e. The van der Waals surface area contributed by atoms with Gasteiger partial charge in [0.1, 0.15) is 6.04 Å². The highest BCUT2D eigenvalue weighted by molar-refractivity contribution is 5.88. The van der Waals surface area contributed by atoms with Gasteiger partial charge in [-0.25, -0.2) is 9.97 Å². The number of allylic oxidation sites excluding steroid dienone is 1. The molecule has 1 aliphatic rings. The van der Waals surface area contributed by atoms with E-state index in [-0.39, 0.29) is 24.9 Å². The molecule has 5 N–H and O–H groups in total. The maximum atomic E-state index is 12.9. The van der Waals surface area contributed by atoms with Gasteiger partial charge in [-0.15, -0.1) is 0 Å². The molecule has 0 radical (unpaired) electrons. The Morgan fingerprint density at radius 1 is 0.833 bits per heavy atom. The highest BCUT2D eigenvalue weighted by Gasteiger charge is 2.29. The molecule has 0 spiro atoms. The van der Waals surface area contributed by atoms with Gasteiger partial charge in [0.25, 0.3) is 0 Å². The monoisotopic (exact) mass is 669 g/mol. The molecule has 0 saturated carbocycles. The van der Waals surface area contributed by atoms with Crippen LogP contribution in [0.3, 0.4) is 0 Å². The Morgan fingerprint density at radius 3 is 2.02 bits per heavy atom. The van der Waals surface area contributed by atoms with Gasteiger partial charge in [-0.3, -0.25) is 9.59 Å². The summed E-state index contributed by atoms with van der Waals surface area (Å²) in [7, 11) is 0. The average Bonchev–Trinajstić information content (AvgIpc) is 3.08. The van der Waals surface area contributed by atoms with Crippen molar-refractivity contribution in [1.29, 1.82) is 0 Å². The molecule has 0 bridgehead atoms. The topological polar surface area (TPSA) is 120 Å². The molecule has 1 aliphatic heterocycles. The summed E-state index contributed by atoms with van der Waals surface area (Å²) in [6.07, 6.45) is 6.98. The van der Waals surface area contributed by atoms with Crippen LogP contribution in [0.2, 0.25) is 0 Å². The van der Waals surface area contributed by atoms with Gasteiger partial charge in [0, 0.05) is 37.7 Å². The number of hydrogen-bond acceptors (Lipinski definition) is 7. The molecule has 1 aromatic heterocycles. The lowest BCUT2D eigenvalue weighted by molar-refractivity contribution is -0.137. The highest BCUT2D eigenvalue weighted by Crippen LogP contribution is 2.28. The number of alkyl halides is 3. The SMILES string of the molecule is CCC.CCC=C1CNCCCc2ccccc2CCCNC(=O)C(CNc2ncccn2)NC(=O)CN1.FC(F)(F)c1ccccc1. The fourth-order valence-electron chi connectivity index (χ4n) is 4.60. The molecule has 48 heavy (non-hydrogen) atoms. The van der Waals surface area contributed by atoms with Crippen LogP contribution >= 0.6 is 0 Å². The van der Waals surface area contributed by atoms with Crippen LogP contribution in [-0.2, 0) is 28.6 Å². The number of halogens is 3. The predicted molar refractivity (Wildman–Crippen MR) is 185 cm³/mol. The Morgan fingerprint density at radius 2 is 1.44 bits per heavy atom. The van der Waals surface area contributed by atoms with Gasteiger partial charge in [-0.1, -0.05) is 87.9 Å². The van der Waals surface area contributed by atoms with E-state index in [2.05, 4.69) is 87.7 Å². The molecular formula is C36H50F3N7O2. The lowest BCUT2D eigenvalue weighted by atomic mass is 9.99. The zero-order valence-corrected chi connectivity index (χ0v) is 28.2. The van der Waals surface area contributed by atoms with Crippen molar-refractivity contribution in [3.8, 4) is 0 Å². The van der Waals surface area contributed by atoms with E-state index in [1.165, 1.54) is 29.7 Å². The Labute approximate surface area is 282 Å². The van der Waals surface area contributed by atoms with Gasteiger partial charge in [-0.05, 0) is 55.8 Å². The Kier molecular flexibility index (Phi) is 19.0. The van der Waals surface area contributed by atoms with Crippen LogP contribution in [0.25, 0.3) is 0 Å². The third-order valence-electron chi connectivity index (χ3n) is 6.87. The third-order valence-corrected chi connectivity index (χ3v) is 6.87. The molecule has 2 heterocycles. The fraction of sp³-hybridized carbons (Fsp3) is 0.444. The molecule has 262 valence electrons. The lowest BCUT2D eigenvalue weighted by Gasteiger charge is -2.20. The van der Waals surface area contributed by atoms with Crippen LogP contribution in [0.5, 0.6) is 0 Å². The van der Waals surface area contributed by atoms with E-state index in [0.717, 1.165) is 56.5 Å². The number of aryl methyl sites for hydroxylation is 2. The van der Waals surface area contributed by atoms with Crippen molar-refractivity contribution < 1.29 is 22.8 Å². The predicted octanol–water partition coefficient (Wildman–Crippen LogP) is 5.66. The second-order valence-electron chi connectivity index (χ2n) is 11.1. The molecule has 9 nitrogen and oxygen atoms in total. The van der Waals surface area contributed by atoms with Crippen molar-refractivity contribution in [2.24, 2.45) is 0 Å². The maximum Gasteiger partial charge on any atom is 0.416 e. The van der Waals surface area contributed by atoms with Crippen LogP contribution in [0, 0.1) is 0 Å². The molecule has 2 amide bonds. The molecule has 1 unspecified atom stereocenters. The number of anilines is 1. The number of nitrogens with one attached hydrogen (secondary N) is 5. The maximum absolute atomic E-state index is 12.9. The normalized spacial score (nSPS) is 17.3. The second-order valence-corrected chi connectivity index (χ2v) is 11.1. The summed E-state index contributed by atoms with van der Waals surface area (Å²) in [6.45, 7) is 8.68. The van der Waals surface area contributed by atoms with Crippen molar-refractivity contribution in [1.82, 2.24) is 31.2 Å². The summed E-state index contributed by atoms with van der Waals surface area (Å²) in [5, 5.41) is 15.5. The third kappa shape index (κ3) is 16.4. The van der Waals surface area contributed by atoms with E-state index >= 15 is 0 Å². The number of nitrogens with zero attached hydrogens (tertiary/aromatic N) is 2. The molecule has 12 heteroatoms. The minimum Gasteiger partial charge on any atom is -0.379 e. The fourth-order valence-corrected chi connectivity index (χ4v) is 4.60. The number of carbonyl (C=O) groups excluding carboxylic acids is 2. The molecule has 0 fully saturated rings. The molecule has 1 atom stereocenters. The first-order valence-electron chi connectivity index (χ1n) is 16.6. The highest BCUT2D eigenvalue weighted by atomic mass is 19.4. The van der Waals surface area contributed by atoms with E-state index in [1.54, 1.807) is 24.5 Å². The van der Waals surface area contributed by atoms with E-state index < -0.39 is 17.8 Å². The Balaban J connectivity index is 0.000000515. The van der Waals surface area contributed by atoms with E-state index in [9.17, 15) is 22.8 Å². The van der Waals surface area contributed by atoms with Gasteiger partial charge in [0.05, 0.1) is 12.1 Å².